The van der Waals surface area contributed by atoms with E-state index in [1.807, 2.05) is 0 Å². The van der Waals surface area contributed by atoms with E-state index in [2.05, 4.69) is 4.72 Å². The van der Waals surface area contributed by atoms with Crippen molar-refractivity contribution in [3.8, 4) is 0 Å². The molecule has 2 aromatic carbocycles. The monoisotopic (exact) mass is 384 g/mol. The molecule has 3 N–H and O–H groups in total. The number of nitrogens with two attached hydrogens (primary N) is 1. The Hall–Kier alpha value is -1.64. The van der Waals surface area contributed by atoms with Crippen LogP contribution in [0.4, 0.5) is 24.5 Å². The lowest BCUT2D eigenvalue weighted by Gasteiger charge is -2.12. The van der Waals surface area contributed by atoms with Gasteiger partial charge in [-0.25, -0.2) is 8.42 Å². The standard InChI is InChI=1S/C13H9Cl2F3N2O2S/c14-9-5-11(19)12(6-10(9)15)20-23(21,22)8-3-1-7(2-4-8)13(16,17)18/h1-6,20H,19H2. The Balaban J connectivity index is 2.34. The molecule has 0 fully saturated rings. The molecular weight excluding hydrogens is 376 g/mol. The van der Waals surface area contributed by atoms with E-state index in [1.54, 1.807) is 0 Å². The molecule has 0 aromatic heterocycles. The summed E-state index contributed by atoms with van der Waals surface area (Å²) >= 11 is 11.5. The van der Waals surface area contributed by atoms with Gasteiger partial charge in [-0.1, -0.05) is 23.2 Å². The number of nitrogens with one attached hydrogen (secondary N) is 1. The summed E-state index contributed by atoms with van der Waals surface area (Å²) in [4.78, 5) is -0.351. The predicted molar refractivity (Wildman–Crippen MR) is 83.1 cm³/mol. The van der Waals surface area contributed by atoms with Gasteiger partial charge >= 0.3 is 6.18 Å². The smallest absolute Gasteiger partial charge is 0.397 e. The van der Waals surface area contributed by atoms with Crippen molar-refractivity contribution in [1.29, 1.82) is 0 Å². The fraction of sp³-hybridized carbons (Fsp3) is 0.0769. The molecule has 23 heavy (non-hydrogen) atoms. The molecule has 124 valence electrons. The Bertz CT molecular complexity index is 838. The van der Waals surface area contributed by atoms with Crippen molar-refractivity contribution in [3.05, 3.63) is 52.0 Å². The summed E-state index contributed by atoms with van der Waals surface area (Å²) in [6.07, 6.45) is -4.55. The van der Waals surface area contributed by atoms with E-state index in [9.17, 15) is 21.6 Å². The highest BCUT2D eigenvalue weighted by Crippen LogP contribution is 2.33. The van der Waals surface area contributed by atoms with Gasteiger partial charge in [0.1, 0.15) is 0 Å². The Morgan fingerprint density at radius 3 is 2.04 bits per heavy atom. The van der Waals surface area contributed by atoms with Gasteiger partial charge in [0, 0.05) is 0 Å². The highest BCUT2D eigenvalue weighted by Gasteiger charge is 2.30. The Morgan fingerprint density at radius 2 is 1.52 bits per heavy atom. The first kappa shape index (κ1) is 17.7. The van der Waals surface area contributed by atoms with Crippen molar-refractivity contribution < 1.29 is 21.6 Å². The zero-order chi connectivity index (χ0) is 17.4. The minimum Gasteiger partial charge on any atom is -0.397 e. The zero-order valence-electron chi connectivity index (χ0n) is 11.2. The maximum absolute atomic E-state index is 12.5. The zero-order valence-corrected chi connectivity index (χ0v) is 13.5. The molecule has 2 rings (SSSR count). The Morgan fingerprint density at radius 1 is 1.00 bits per heavy atom. The van der Waals surface area contributed by atoms with Gasteiger partial charge in [-0.15, -0.1) is 0 Å². The second-order valence-electron chi connectivity index (χ2n) is 4.48. The van der Waals surface area contributed by atoms with Gasteiger partial charge in [-0.05, 0) is 36.4 Å². The quantitative estimate of drug-likeness (QED) is 0.770. The van der Waals surface area contributed by atoms with Gasteiger partial charge in [-0.2, -0.15) is 13.2 Å². The molecule has 0 aliphatic carbocycles. The average Bonchev–Trinajstić information content (AvgIpc) is 2.44. The summed E-state index contributed by atoms with van der Waals surface area (Å²) in [5.41, 5.74) is 4.68. The first-order chi connectivity index (χ1) is 10.5. The van der Waals surface area contributed by atoms with Gasteiger partial charge in [0.05, 0.1) is 31.9 Å². The Labute approximate surface area is 140 Å². The van der Waals surface area contributed by atoms with Crippen molar-refractivity contribution in [1.82, 2.24) is 0 Å². The highest BCUT2D eigenvalue weighted by atomic mass is 35.5. The van der Waals surface area contributed by atoms with E-state index in [4.69, 9.17) is 28.9 Å². The van der Waals surface area contributed by atoms with Crippen LogP contribution in [0.1, 0.15) is 5.56 Å². The van der Waals surface area contributed by atoms with E-state index in [0.29, 0.717) is 12.1 Å². The number of hydrogen-bond acceptors (Lipinski definition) is 3. The summed E-state index contributed by atoms with van der Waals surface area (Å²) in [5, 5.41) is 0.215. The summed E-state index contributed by atoms with van der Waals surface area (Å²) in [7, 11) is -4.13. The van der Waals surface area contributed by atoms with Crippen LogP contribution in [0.15, 0.2) is 41.3 Å². The molecule has 0 saturated carbocycles. The Kier molecular flexibility index (Phi) is 4.70. The molecule has 0 atom stereocenters. The van der Waals surface area contributed by atoms with Gasteiger partial charge in [0.15, 0.2) is 0 Å². The summed E-state index contributed by atoms with van der Waals surface area (Å²) < 4.78 is 64.0. The SMILES string of the molecule is Nc1cc(Cl)c(Cl)cc1NS(=O)(=O)c1ccc(C(F)(F)F)cc1. The van der Waals surface area contributed by atoms with E-state index in [1.165, 1.54) is 12.1 Å². The highest BCUT2D eigenvalue weighted by molar-refractivity contribution is 7.92. The molecule has 0 heterocycles. The molecule has 4 nitrogen and oxygen atoms in total. The third-order valence-electron chi connectivity index (χ3n) is 2.83. The number of sulfonamides is 1. The third kappa shape index (κ3) is 4.01. The lowest BCUT2D eigenvalue weighted by atomic mass is 10.2. The molecule has 0 aliphatic rings. The van der Waals surface area contributed by atoms with Crippen LogP contribution in [0, 0.1) is 0 Å². The van der Waals surface area contributed by atoms with E-state index in [-0.39, 0.29) is 26.3 Å². The molecule has 0 unspecified atom stereocenters. The summed E-state index contributed by atoms with van der Waals surface area (Å²) in [6.45, 7) is 0. The topological polar surface area (TPSA) is 72.2 Å². The molecule has 10 heteroatoms. The van der Waals surface area contributed by atoms with Crippen LogP contribution >= 0.6 is 23.2 Å². The first-order valence-corrected chi connectivity index (χ1v) is 8.19. The van der Waals surface area contributed by atoms with Crippen molar-refractivity contribution in [2.75, 3.05) is 10.5 Å². The molecule has 2 aromatic rings. The minimum atomic E-state index is -4.55. The average molecular weight is 385 g/mol. The number of halogens is 5. The van der Waals surface area contributed by atoms with Crippen molar-refractivity contribution in [2.24, 2.45) is 0 Å². The van der Waals surface area contributed by atoms with E-state index < -0.39 is 21.8 Å². The van der Waals surface area contributed by atoms with Crippen LogP contribution in [0.3, 0.4) is 0 Å². The van der Waals surface area contributed by atoms with E-state index in [0.717, 1.165) is 12.1 Å². The van der Waals surface area contributed by atoms with Crippen molar-refractivity contribution >= 4 is 44.6 Å². The number of nitrogen functional groups attached to an aromatic ring is 1. The van der Waals surface area contributed by atoms with Crippen LogP contribution in [0.25, 0.3) is 0 Å². The van der Waals surface area contributed by atoms with Crippen molar-refractivity contribution in [3.63, 3.8) is 0 Å². The maximum atomic E-state index is 12.5. The number of benzene rings is 2. The number of hydrogen-bond donors (Lipinski definition) is 2. The molecule has 0 spiro atoms. The van der Waals surface area contributed by atoms with Crippen LogP contribution in [0.5, 0.6) is 0 Å². The number of anilines is 2. The van der Waals surface area contributed by atoms with Crippen LogP contribution < -0.4 is 10.5 Å². The van der Waals surface area contributed by atoms with Gasteiger partial charge in [0.25, 0.3) is 10.0 Å². The second kappa shape index (κ2) is 6.10. The maximum Gasteiger partial charge on any atom is 0.416 e. The van der Waals surface area contributed by atoms with Gasteiger partial charge in [0.2, 0.25) is 0 Å². The molecule has 0 amide bonds. The number of rotatable bonds is 3. The fourth-order valence-corrected chi connectivity index (χ4v) is 3.09. The molecule has 0 bridgehead atoms. The number of alkyl halides is 3. The lowest BCUT2D eigenvalue weighted by molar-refractivity contribution is -0.137. The minimum absolute atomic E-state index is 0.0230. The summed E-state index contributed by atoms with van der Waals surface area (Å²) in [5.74, 6) is 0. The molecule has 0 saturated heterocycles. The summed E-state index contributed by atoms with van der Waals surface area (Å²) in [6, 6.07) is 5.51. The van der Waals surface area contributed by atoms with E-state index >= 15 is 0 Å². The molecular formula is C13H9Cl2F3N2O2S. The van der Waals surface area contributed by atoms with Crippen LogP contribution in [-0.2, 0) is 16.2 Å². The predicted octanol–water partition coefficient (Wildman–Crippen LogP) is 4.40. The first-order valence-electron chi connectivity index (χ1n) is 5.95. The lowest BCUT2D eigenvalue weighted by Crippen LogP contribution is -2.15. The van der Waals surface area contributed by atoms with Crippen molar-refractivity contribution in [2.45, 2.75) is 11.1 Å². The largest absolute Gasteiger partial charge is 0.416 e. The fourth-order valence-electron chi connectivity index (χ4n) is 1.68. The van der Waals surface area contributed by atoms with Gasteiger partial charge in [-0.3, -0.25) is 4.72 Å². The molecule has 0 aliphatic heterocycles. The molecule has 0 radical (unpaired) electrons. The van der Waals surface area contributed by atoms with Crippen LogP contribution in [-0.4, -0.2) is 8.42 Å². The van der Waals surface area contributed by atoms with Gasteiger partial charge < -0.3 is 5.73 Å². The van der Waals surface area contributed by atoms with Crippen LogP contribution in [0.2, 0.25) is 10.0 Å². The normalized spacial score (nSPS) is 12.2. The third-order valence-corrected chi connectivity index (χ3v) is 4.93. The second-order valence-corrected chi connectivity index (χ2v) is 6.98.